The van der Waals surface area contributed by atoms with Gasteiger partial charge in [-0.2, -0.15) is 0 Å². The molecule has 0 N–H and O–H groups in total. The van der Waals surface area contributed by atoms with Crippen LogP contribution >= 0.6 is 0 Å². The van der Waals surface area contributed by atoms with Crippen LogP contribution in [0.5, 0.6) is 11.5 Å². The fourth-order valence-corrected chi connectivity index (χ4v) is 2.66. The van der Waals surface area contributed by atoms with Crippen molar-refractivity contribution in [2.24, 2.45) is 0 Å². The third-order valence-corrected chi connectivity index (χ3v) is 3.83. The molecule has 0 bridgehead atoms. The molecule has 0 aliphatic carbocycles. The van der Waals surface area contributed by atoms with Crippen LogP contribution in [0.2, 0.25) is 0 Å². The second kappa shape index (κ2) is 8.16. The van der Waals surface area contributed by atoms with Crippen LogP contribution < -0.4 is 9.47 Å². The van der Waals surface area contributed by atoms with E-state index >= 15 is 0 Å². The molecule has 0 aromatic heterocycles. The number of ether oxygens (including phenoxy) is 2. The maximum absolute atomic E-state index is 12.1. The van der Waals surface area contributed by atoms with Crippen molar-refractivity contribution in [1.82, 2.24) is 4.90 Å². The smallest absolute Gasteiger partial charge is 0.161 e. The van der Waals surface area contributed by atoms with E-state index in [-0.39, 0.29) is 11.9 Å². The largest absolute Gasteiger partial charge is 0.490 e. The average Bonchev–Trinajstić information content (AvgIpc) is 2.52. The maximum atomic E-state index is 12.1. The standard InChI is InChI=1S/C19H27NO3/c1-5-20-10-9-17(21)16(13-20)11-15-7-8-18(23-14(3)4)19(12-15)22-6-2/h7-8,11-12,14H,5-6,9-10,13H2,1-4H3/b16-11+. The maximum Gasteiger partial charge on any atom is 0.161 e. The summed E-state index contributed by atoms with van der Waals surface area (Å²) in [7, 11) is 0. The van der Waals surface area contributed by atoms with Crippen LogP contribution in [0, 0.1) is 0 Å². The van der Waals surface area contributed by atoms with Gasteiger partial charge in [-0.1, -0.05) is 13.0 Å². The molecular formula is C19H27NO3. The van der Waals surface area contributed by atoms with E-state index < -0.39 is 0 Å². The Kier molecular flexibility index (Phi) is 6.22. The lowest BCUT2D eigenvalue weighted by molar-refractivity contribution is -0.117. The minimum Gasteiger partial charge on any atom is -0.490 e. The summed E-state index contributed by atoms with van der Waals surface area (Å²) in [5.41, 5.74) is 1.85. The topological polar surface area (TPSA) is 38.8 Å². The molecule has 23 heavy (non-hydrogen) atoms. The van der Waals surface area contributed by atoms with Gasteiger partial charge < -0.3 is 9.47 Å². The number of likely N-dealkylation sites (N-methyl/N-ethyl adjacent to an activating group) is 1. The highest BCUT2D eigenvalue weighted by atomic mass is 16.5. The van der Waals surface area contributed by atoms with Gasteiger partial charge in [0.1, 0.15) is 0 Å². The first-order valence-corrected chi connectivity index (χ1v) is 8.43. The summed E-state index contributed by atoms with van der Waals surface area (Å²) in [5.74, 6) is 1.72. The van der Waals surface area contributed by atoms with E-state index in [1.807, 2.05) is 45.0 Å². The summed E-state index contributed by atoms with van der Waals surface area (Å²) in [4.78, 5) is 14.4. The summed E-state index contributed by atoms with van der Waals surface area (Å²) < 4.78 is 11.5. The molecule has 126 valence electrons. The van der Waals surface area contributed by atoms with Gasteiger partial charge in [0.15, 0.2) is 17.3 Å². The molecule has 0 spiro atoms. The van der Waals surface area contributed by atoms with E-state index in [9.17, 15) is 4.79 Å². The van der Waals surface area contributed by atoms with Crippen molar-refractivity contribution < 1.29 is 14.3 Å². The number of carbonyl (C=O) groups excluding carboxylic acids is 1. The second-order valence-corrected chi connectivity index (χ2v) is 6.02. The van der Waals surface area contributed by atoms with Gasteiger partial charge >= 0.3 is 0 Å². The number of likely N-dealkylation sites (tertiary alicyclic amines) is 1. The second-order valence-electron chi connectivity index (χ2n) is 6.02. The Morgan fingerprint density at radius 3 is 2.70 bits per heavy atom. The van der Waals surface area contributed by atoms with Gasteiger partial charge in [0.2, 0.25) is 0 Å². The van der Waals surface area contributed by atoms with Crippen molar-refractivity contribution in [1.29, 1.82) is 0 Å². The lowest BCUT2D eigenvalue weighted by atomic mass is 10.00. The third kappa shape index (κ3) is 4.83. The van der Waals surface area contributed by atoms with Crippen LogP contribution in [0.4, 0.5) is 0 Å². The number of hydrogen-bond acceptors (Lipinski definition) is 4. The van der Waals surface area contributed by atoms with Crippen LogP contribution in [0.25, 0.3) is 6.08 Å². The molecule has 0 atom stereocenters. The van der Waals surface area contributed by atoms with Gasteiger partial charge in [-0.05, 0) is 51.1 Å². The van der Waals surface area contributed by atoms with Crippen molar-refractivity contribution in [2.45, 2.75) is 40.2 Å². The minimum atomic E-state index is 0.0939. The molecule has 0 amide bonds. The lowest BCUT2D eigenvalue weighted by Crippen LogP contribution is -2.35. The number of nitrogens with zero attached hydrogens (tertiary/aromatic N) is 1. The molecule has 1 aromatic carbocycles. The predicted molar refractivity (Wildman–Crippen MR) is 93.1 cm³/mol. The SMILES string of the molecule is CCOc1cc(/C=C2\CN(CC)CCC2=O)ccc1OC(C)C. The van der Waals surface area contributed by atoms with Gasteiger partial charge in [-0.15, -0.1) is 0 Å². The molecule has 0 saturated carbocycles. The van der Waals surface area contributed by atoms with Gasteiger partial charge in [0.05, 0.1) is 12.7 Å². The van der Waals surface area contributed by atoms with Crippen LogP contribution in [0.15, 0.2) is 23.8 Å². The molecule has 0 unspecified atom stereocenters. The molecule has 1 saturated heterocycles. The van der Waals surface area contributed by atoms with Crippen molar-refractivity contribution in [3.63, 3.8) is 0 Å². The number of Topliss-reactive ketones (excluding diaryl/α,β-unsaturated/α-hetero) is 1. The molecule has 4 heteroatoms. The van der Waals surface area contributed by atoms with Crippen molar-refractivity contribution in [2.75, 3.05) is 26.2 Å². The van der Waals surface area contributed by atoms with E-state index in [4.69, 9.17) is 9.47 Å². The number of carbonyl (C=O) groups is 1. The Morgan fingerprint density at radius 2 is 2.04 bits per heavy atom. The number of ketones is 1. The number of rotatable bonds is 6. The Balaban J connectivity index is 2.26. The van der Waals surface area contributed by atoms with Gasteiger partial charge in [0, 0.05) is 25.1 Å². The van der Waals surface area contributed by atoms with E-state index in [0.29, 0.717) is 13.0 Å². The fourth-order valence-electron chi connectivity index (χ4n) is 2.66. The van der Waals surface area contributed by atoms with E-state index in [2.05, 4.69) is 11.8 Å². The minimum absolute atomic E-state index is 0.0939. The van der Waals surface area contributed by atoms with Gasteiger partial charge in [-0.25, -0.2) is 0 Å². The molecule has 1 aliphatic heterocycles. The first-order chi connectivity index (χ1) is 11.0. The molecule has 1 heterocycles. The van der Waals surface area contributed by atoms with Crippen molar-refractivity contribution >= 4 is 11.9 Å². The summed E-state index contributed by atoms with van der Waals surface area (Å²) in [5, 5.41) is 0. The molecule has 4 nitrogen and oxygen atoms in total. The zero-order valence-electron chi connectivity index (χ0n) is 14.6. The Bertz CT molecular complexity index is 578. The number of piperidine rings is 1. The molecule has 1 fully saturated rings. The number of benzene rings is 1. The first kappa shape index (κ1) is 17.5. The molecule has 1 aliphatic rings. The van der Waals surface area contributed by atoms with Crippen LogP contribution in [0.3, 0.4) is 0 Å². The van der Waals surface area contributed by atoms with E-state index in [1.165, 1.54) is 0 Å². The normalized spacial score (nSPS) is 17.8. The summed E-state index contributed by atoms with van der Waals surface area (Å²) >= 11 is 0. The summed E-state index contributed by atoms with van der Waals surface area (Å²) in [6, 6.07) is 5.85. The van der Waals surface area contributed by atoms with Crippen molar-refractivity contribution in [3.8, 4) is 11.5 Å². The molecule has 0 radical (unpaired) electrons. The quantitative estimate of drug-likeness (QED) is 0.752. The number of hydrogen-bond donors (Lipinski definition) is 0. The lowest BCUT2D eigenvalue weighted by Gasteiger charge is -2.26. The molecule has 2 rings (SSSR count). The Morgan fingerprint density at radius 1 is 1.26 bits per heavy atom. The predicted octanol–water partition coefficient (Wildman–Crippen LogP) is 3.55. The summed E-state index contributed by atoms with van der Waals surface area (Å²) in [6.07, 6.45) is 2.68. The van der Waals surface area contributed by atoms with Gasteiger partial charge in [0.25, 0.3) is 0 Å². The molecule has 1 aromatic rings. The van der Waals surface area contributed by atoms with Crippen LogP contribution in [0.1, 0.15) is 39.7 Å². The van der Waals surface area contributed by atoms with Crippen LogP contribution in [-0.4, -0.2) is 43.0 Å². The highest BCUT2D eigenvalue weighted by Gasteiger charge is 2.20. The van der Waals surface area contributed by atoms with Crippen LogP contribution in [-0.2, 0) is 4.79 Å². The van der Waals surface area contributed by atoms with Gasteiger partial charge in [-0.3, -0.25) is 9.69 Å². The highest BCUT2D eigenvalue weighted by molar-refractivity contribution is 6.00. The summed E-state index contributed by atoms with van der Waals surface area (Å²) in [6.45, 7) is 11.2. The van der Waals surface area contributed by atoms with E-state index in [0.717, 1.165) is 42.3 Å². The van der Waals surface area contributed by atoms with Crippen molar-refractivity contribution in [3.05, 3.63) is 29.3 Å². The van der Waals surface area contributed by atoms with E-state index in [1.54, 1.807) is 0 Å². The average molecular weight is 317 g/mol. The molecular weight excluding hydrogens is 290 g/mol. The Labute approximate surface area is 139 Å². The fraction of sp³-hybridized carbons (Fsp3) is 0.526. The Hall–Kier alpha value is -1.81. The zero-order chi connectivity index (χ0) is 16.8. The monoisotopic (exact) mass is 317 g/mol. The third-order valence-electron chi connectivity index (χ3n) is 3.83. The first-order valence-electron chi connectivity index (χ1n) is 8.43. The highest BCUT2D eigenvalue weighted by Crippen LogP contribution is 2.30. The zero-order valence-corrected chi connectivity index (χ0v) is 14.6.